The van der Waals surface area contributed by atoms with E-state index < -0.39 is 0 Å². The van der Waals surface area contributed by atoms with Gasteiger partial charge in [-0.05, 0) is 23.8 Å². The van der Waals surface area contributed by atoms with Crippen LogP contribution in [0.25, 0.3) is 23.1 Å². The number of ether oxygens (including phenoxy) is 1. The van der Waals surface area contributed by atoms with E-state index in [0.29, 0.717) is 0 Å². The first-order chi connectivity index (χ1) is 11.8. The summed E-state index contributed by atoms with van der Waals surface area (Å²) in [4.78, 5) is 16.2. The number of fused-ring (bicyclic) bond motifs is 1. The van der Waals surface area contributed by atoms with Crippen LogP contribution in [0, 0.1) is 0 Å². The summed E-state index contributed by atoms with van der Waals surface area (Å²) < 4.78 is 5.16. The molecule has 2 aromatic carbocycles. The van der Waals surface area contributed by atoms with Crippen molar-refractivity contribution < 1.29 is 9.53 Å². The zero-order valence-electron chi connectivity index (χ0n) is 13.1. The zero-order valence-corrected chi connectivity index (χ0v) is 13.1. The molecule has 3 aromatic rings. The molecular formula is C21H17NO2. The minimum atomic E-state index is -0.374. The average molecular weight is 315 g/mol. The van der Waals surface area contributed by atoms with Gasteiger partial charge in [0.1, 0.15) is 6.61 Å². The second-order valence-electron chi connectivity index (χ2n) is 5.20. The van der Waals surface area contributed by atoms with Crippen LogP contribution in [0.15, 0.2) is 79.0 Å². The quantitative estimate of drug-likeness (QED) is 0.514. The third kappa shape index (κ3) is 4.17. The van der Waals surface area contributed by atoms with E-state index in [2.05, 4.69) is 4.98 Å². The molecule has 0 unspecified atom stereocenters. The van der Waals surface area contributed by atoms with E-state index in [1.165, 1.54) is 6.08 Å². The molecule has 0 aliphatic carbocycles. The number of hydrogen-bond donors (Lipinski definition) is 0. The van der Waals surface area contributed by atoms with Crippen LogP contribution in [0.5, 0.6) is 0 Å². The molecule has 24 heavy (non-hydrogen) atoms. The van der Waals surface area contributed by atoms with Crippen LogP contribution in [0.1, 0.15) is 11.1 Å². The van der Waals surface area contributed by atoms with Crippen LogP contribution in [0.4, 0.5) is 0 Å². The smallest absolute Gasteiger partial charge is 0.331 e. The van der Waals surface area contributed by atoms with Gasteiger partial charge in [-0.25, -0.2) is 4.79 Å². The Morgan fingerprint density at radius 3 is 2.67 bits per heavy atom. The molecule has 118 valence electrons. The second-order valence-corrected chi connectivity index (χ2v) is 5.20. The number of pyridine rings is 1. The molecule has 3 nitrogen and oxygen atoms in total. The highest BCUT2D eigenvalue weighted by Gasteiger charge is 2.00. The Kier molecular flexibility index (Phi) is 5.15. The predicted molar refractivity (Wildman–Crippen MR) is 97.2 cm³/mol. The van der Waals surface area contributed by atoms with Crippen molar-refractivity contribution in [2.45, 2.75) is 0 Å². The maximum Gasteiger partial charge on any atom is 0.331 e. The molecule has 0 saturated heterocycles. The lowest BCUT2D eigenvalue weighted by Crippen LogP contribution is -1.99. The number of benzene rings is 2. The third-order valence-electron chi connectivity index (χ3n) is 3.49. The average Bonchev–Trinajstić information content (AvgIpc) is 2.64. The fourth-order valence-electron chi connectivity index (χ4n) is 2.35. The first-order valence-corrected chi connectivity index (χ1v) is 7.73. The molecule has 0 spiro atoms. The van der Waals surface area contributed by atoms with Gasteiger partial charge in [-0.3, -0.25) is 4.98 Å². The molecule has 0 aliphatic rings. The summed E-state index contributed by atoms with van der Waals surface area (Å²) in [5.41, 5.74) is 2.84. The van der Waals surface area contributed by atoms with Crippen LogP contribution in [-0.2, 0) is 9.53 Å². The summed E-state index contributed by atoms with van der Waals surface area (Å²) in [6.07, 6.45) is 8.65. The van der Waals surface area contributed by atoms with Gasteiger partial charge < -0.3 is 4.74 Å². The number of rotatable bonds is 5. The first kappa shape index (κ1) is 15.7. The van der Waals surface area contributed by atoms with E-state index in [4.69, 9.17) is 4.74 Å². The van der Waals surface area contributed by atoms with E-state index in [0.717, 1.165) is 22.0 Å². The van der Waals surface area contributed by atoms with Crippen molar-refractivity contribution in [3.63, 3.8) is 0 Å². The Hall–Kier alpha value is -3.20. The van der Waals surface area contributed by atoms with Crippen molar-refractivity contribution in [2.75, 3.05) is 6.61 Å². The number of nitrogens with zero attached hydrogens (tertiary/aromatic N) is 1. The number of hydrogen-bond acceptors (Lipinski definition) is 3. The van der Waals surface area contributed by atoms with Gasteiger partial charge in [0, 0.05) is 23.2 Å². The maximum absolute atomic E-state index is 11.8. The minimum Gasteiger partial charge on any atom is -0.458 e. The molecule has 0 fully saturated rings. The summed E-state index contributed by atoms with van der Waals surface area (Å²) in [6, 6.07) is 19.6. The van der Waals surface area contributed by atoms with Crippen molar-refractivity contribution in [1.29, 1.82) is 0 Å². The van der Waals surface area contributed by atoms with Gasteiger partial charge in [-0.15, -0.1) is 0 Å². The molecule has 0 amide bonds. The number of esters is 1. The Bertz CT molecular complexity index is 877. The highest BCUT2D eigenvalue weighted by molar-refractivity contribution is 5.92. The summed E-state index contributed by atoms with van der Waals surface area (Å²) in [5.74, 6) is -0.374. The van der Waals surface area contributed by atoms with Gasteiger partial charge in [0.15, 0.2) is 0 Å². The standard InChI is InChI=1S/C21H17NO2/c23-20(24-16-6-9-17-7-2-1-3-8-17)14-13-19-11-4-10-18-12-5-15-22-21(18)19/h1-15H,16H2/b9-6+,14-13-. The van der Waals surface area contributed by atoms with Crippen LogP contribution in [-0.4, -0.2) is 17.6 Å². The largest absolute Gasteiger partial charge is 0.458 e. The summed E-state index contributed by atoms with van der Waals surface area (Å²) in [5, 5.41) is 1.04. The topological polar surface area (TPSA) is 39.2 Å². The molecule has 0 N–H and O–H groups in total. The maximum atomic E-state index is 11.8. The molecular weight excluding hydrogens is 298 g/mol. The SMILES string of the molecule is O=C(/C=C\c1cccc2cccnc12)OC/C=C/c1ccccc1. The Morgan fingerprint density at radius 1 is 0.958 bits per heavy atom. The Morgan fingerprint density at radius 2 is 1.79 bits per heavy atom. The van der Waals surface area contributed by atoms with Gasteiger partial charge in [-0.1, -0.05) is 60.7 Å². The van der Waals surface area contributed by atoms with Gasteiger partial charge in [0.25, 0.3) is 0 Å². The van der Waals surface area contributed by atoms with Crippen molar-refractivity contribution in [3.8, 4) is 0 Å². The Labute approximate surface area is 140 Å². The second kappa shape index (κ2) is 7.88. The molecule has 0 bridgehead atoms. The first-order valence-electron chi connectivity index (χ1n) is 7.73. The molecule has 0 aliphatic heterocycles. The number of aromatic nitrogens is 1. The fourth-order valence-corrected chi connectivity index (χ4v) is 2.35. The molecule has 3 heteroatoms. The molecule has 0 atom stereocenters. The predicted octanol–water partition coefficient (Wildman–Crippen LogP) is 4.50. The van der Waals surface area contributed by atoms with Crippen LogP contribution in [0.3, 0.4) is 0 Å². The molecule has 3 rings (SSSR count). The van der Waals surface area contributed by atoms with Gasteiger partial charge in [0.2, 0.25) is 0 Å². The van der Waals surface area contributed by atoms with Crippen molar-refractivity contribution in [2.24, 2.45) is 0 Å². The molecule has 0 saturated carbocycles. The summed E-state index contributed by atoms with van der Waals surface area (Å²) in [6.45, 7) is 0.242. The van der Waals surface area contributed by atoms with Gasteiger partial charge in [-0.2, -0.15) is 0 Å². The lowest BCUT2D eigenvalue weighted by molar-refractivity contribution is -0.136. The number of carbonyl (C=O) groups excluding carboxylic acids is 1. The van der Waals surface area contributed by atoms with E-state index in [-0.39, 0.29) is 12.6 Å². The van der Waals surface area contributed by atoms with Crippen molar-refractivity contribution in [3.05, 3.63) is 90.1 Å². The zero-order chi connectivity index (χ0) is 16.6. The van der Waals surface area contributed by atoms with Gasteiger partial charge >= 0.3 is 5.97 Å². The number of para-hydroxylation sites is 1. The van der Waals surface area contributed by atoms with Crippen LogP contribution < -0.4 is 0 Å². The minimum absolute atomic E-state index is 0.242. The van der Waals surface area contributed by atoms with E-state index >= 15 is 0 Å². The fraction of sp³-hybridized carbons (Fsp3) is 0.0476. The summed E-state index contributed by atoms with van der Waals surface area (Å²) >= 11 is 0. The highest BCUT2D eigenvalue weighted by atomic mass is 16.5. The van der Waals surface area contributed by atoms with Crippen LogP contribution >= 0.6 is 0 Å². The monoisotopic (exact) mass is 315 g/mol. The summed E-state index contributed by atoms with van der Waals surface area (Å²) in [7, 11) is 0. The normalized spacial score (nSPS) is 11.3. The Balaban J connectivity index is 1.58. The third-order valence-corrected chi connectivity index (χ3v) is 3.49. The lowest BCUT2D eigenvalue weighted by Gasteiger charge is -2.01. The molecule has 1 heterocycles. The molecule has 1 aromatic heterocycles. The van der Waals surface area contributed by atoms with Crippen molar-refractivity contribution >= 4 is 29.0 Å². The molecule has 0 radical (unpaired) electrons. The van der Waals surface area contributed by atoms with Crippen molar-refractivity contribution in [1.82, 2.24) is 4.98 Å². The van der Waals surface area contributed by atoms with Crippen LogP contribution in [0.2, 0.25) is 0 Å². The lowest BCUT2D eigenvalue weighted by atomic mass is 10.1. The van der Waals surface area contributed by atoms with E-state index in [1.807, 2.05) is 72.8 Å². The van der Waals surface area contributed by atoms with E-state index in [1.54, 1.807) is 12.3 Å². The highest BCUT2D eigenvalue weighted by Crippen LogP contribution is 2.17. The van der Waals surface area contributed by atoms with Gasteiger partial charge in [0.05, 0.1) is 5.52 Å². The van der Waals surface area contributed by atoms with E-state index in [9.17, 15) is 4.79 Å². The number of carbonyl (C=O) groups is 1.